The second-order valence-electron chi connectivity index (χ2n) is 5.42. The molecule has 0 spiro atoms. The van der Waals surface area contributed by atoms with E-state index < -0.39 is 0 Å². The molecule has 120 valence electrons. The van der Waals surface area contributed by atoms with Crippen molar-refractivity contribution in [3.05, 3.63) is 35.4 Å². The second-order valence-corrected chi connectivity index (χ2v) is 5.42. The molecule has 2 rings (SSSR count). The number of nitrogens with zero attached hydrogens (tertiary/aromatic N) is 1. The number of carbonyl (C=O) groups excluding carboxylic acids is 2. The molecule has 2 N–H and O–H groups in total. The van der Waals surface area contributed by atoms with Gasteiger partial charge < -0.3 is 20.3 Å². The SMILES string of the molecule is CNC(=O)c1ccc(CNC(=O)N2CCCOC(C)C2)cc1. The molecule has 0 aliphatic carbocycles. The van der Waals surface area contributed by atoms with Crippen molar-refractivity contribution in [1.29, 1.82) is 0 Å². The summed E-state index contributed by atoms with van der Waals surface area (Å²) in [6.07, 6.45) is 0.929. The molecule has 0 radical (unpaired) electrons. The van der Waals surface area contributed by atoms with Crippen LogP contribution in [0, 0.1) is 0 Å². The van der Waals surface area contributed by atoms with Gasteiger partial charge in [-0.1, -0.05) is 12.1 Å². The zero-order valence-electron chi connectivity index (χ0n) is 13.1. The minimum atomic E-state index is -0.117. The van der Waals surface area contributed by atoms with Crippen LogP contribution in [0.2, 0.25) is 0 Å². The van der Waals surface area contributed by atoms with Crippen molar-refractivity contribution in [2.75, 3.05) is 26.7 Å². The van der Waals surface area contributed by atoms with Gasteiger partial charge in [-0.3, -0.25) is 4.79 Å². The summed E-state index contributed by atoms with van der Waals surface area (Å²) in [5.41, 5.74) is 1.57. The van der Waals surface area contributed by atoms with E-state index in [1.807, 2.05) is 19.1 Å². The molecule has 0 aromatic heterocycles. The van der Waals surface area contributed by atoms with Crippen molar-refractivity contribution in [2.24, 2.45) is 0 Å². The van der Waals surface area contributed by atoms with E-state index in [2.05, 4.69) is 10.6 Å². The zero-order chi connectivity index (χ0) is 15.9. The van der Waals surface area contributed by atoms with Crippen LogP contribution in [0.25, 0.3) is 0 Å². The van der Waals surface area contributed by atoms with Gasteiger partial charge >= 0.3 is 6.03 Å². The highest BCUT2D eigenvalue weighted by Gasteiger charge is 2.19. The van der Waals surface area contributed by atoms with Crippen LogP contribution in [-0.2, 0) is 11.3 Å². The van der Waals surface area contributed by atoms with E-state index in [0.717, 1.165) is 12.0 Å². The summed E-state index contributed by atoms with van der Waals surface area (Å²) >= 11 is 0. The average molecular weight is 305 g/mol. The number of benzene rings is 1. The first kappa shape index (κ1) is 16.3. The van der Waals surface area contributed by atoms with E-state index in [1.54, 1.807) is 24.1 Å². The Morgan fingerprint density at radius 3 is 2.73 bits per heavy atom. The number of amides is 3. The minimum absolute atomic E-state index is 0.0695. The first-order valence-corrected chi connectivity index (χ1v) is 7.55. The lowest BCUT2D eigenvalue weighted by Gasteiger charge is -2.22. The van der Waals surface area contributed by atoms with Crippen LogP contribution < -0.4 is 10.6 Å². The molecule has 1 aromatic rings. The Morgan fingerprint density at radius 1 is 1.32 bits per heavy atom. The lowest BCUT2D eigenvalue weighted by Crippen LogP contribution is -2.42. The van der Waals surface area contributed by atoms with E-state index in [1.165, 1.54) is 0 Å². The molecule has 22 heavy (non-hydrogen) atoms. The number of hydrogen-bond donors (Lipinski definition) is 2. The van der Waals surface area contributed by atoms with Crippen LogP contribution in [-0.4, -0.2) is 49.7 Å². The van der Waals surface area contributed by atoms with Crippen LogP contribution in [0.4, 0.5) is 4.79 Å². The molecule has 3 amide bonds. The molecule has 1 aliphatic rings. The van der Waals surface area contributed by atoms with E-state index >= 15 is 0 Å². The summed E-state index contributed by atoms with van der Waals surface area (Å²) in [7, 11) is 1.60. The van der Waals surface area contributed by atoms with Gasteiger partial charge in [-0.25, -0.2) is 4.79 Å². The number of urea groups is 1. The van der Waals surface area contributed by atoms with E-state index in [-0.39, 0.29) is 18.0 Å². The first-order chi connectivity index (χ1) is 10.6. The predicted molar refractivity (Wildman–Crippen MR) is 83.7 cm³/mol. The van der Waals surface area contributed by atoms with Gasteiger partial charge in [0.25, 0.3) is 5.91 Å². The van der Waals surface area contributed by atoms with E-state index in [4.69, 9.17) is 4.74 Å². The Labute approximate surface area is 130 Å². The third kappa shape index (κ3) is 4.46. The van der Waals surface area contributed by atoms with Gasteiger partial charge in [0.15, 0.2) is 0 Å². The van der Waals surface area contributed by atoms with Crippen molar-refractivity contribution in [3.63, 3.8) is 0 Å². The Hall–Kier alpha value is -2.08. The fourth-order valence-electron chi connectivity index (χ4n) is 2.39. The Kier molecular flexibility index (Phi) is 5.77. The van der Waals surface area contributed by atoms with Crippen molar-refractivity contribution < 1.29 is 14.3 Å². The quantitative estimate of drug-likeness (QED) is 0.886. The predicted octanol–water partition coefficient (Wildman–Crippen LogP) is 1.37. The van der Waals surface area contributed by atoms with E-state index in [0.29, 0.717) is 31.8 Å². The lowest BCUT2D eigenvalue weighted by molar-refractivity contribution is 0.0710. The van der Waals surface area contributed by atoms with Gasteiger partial charge in [-0.05, 0) is 31.0 Å². The maximum Gasteiger partial charge on any atom is 0.317 e. The number of rotatable bonds is 3. The number of nitrogens with one attached hydrogen (secondary N) is 2. The standard InChI is InChI=1S/C16H23N3O3/c1-12-11-19(8-3-9-22-12)16(21)18-10-13-4-6-14(7-5-13)15(20)17-2/h4-7,12H,3,8-11H2,1-2H3,(H,17,20)(H,18,21). The summed E-state index contributed by atoms with van der Waals surface area (Å²) in [6, 6.07) is 7.12. The van der Waals surface area contributed by atoms with Crippen LogP contribution in [0.1, 0.15) is 29.3 Å². The molecular formula is C16H23N3O3. The molecule has 1 fully saturated rings. The monoisotopic (exact) mass is 305 g/mol. The fourth-order valence-corrected chi connectivity index (χ4v) is 2.39. The third-order valence-electron chi connectivity index (χ3n) is 3.63. The number of hydrogen-bond acceptors (Lipinski definition) is 3. The van der Waals surface area contributed by atoms with E-state index in [9.17, 15) is 9.59 Å². The summed E-state index contributed by atoms with van der Waals surface area (Å²) in [5, 5.41) is 5.49. The highest BCUT2D eigenvalue weighted by Crippen LogP contribution is 2.07. The number of carbonyl (C=O) groups is 2. The molecule has 1 atom stereocenters. The first-order valence-electron chi connectivity index (χ1n) is 7.55. The molecule has 1 unspecified atom stereocenters. The molecular weight excluding hydrogens is 282 g/mol. The van der Waals surface area contributed by atoms with Crippen LogP contribution >= 0.6 is 0 Å². The topological polar surface area (TPSA) is 70.7 Å². The average Bonchev–Trinajstić information content (AvgIpc) is 2.77. The smallest absolute Gasteiger partial charge is 0.317 e. The fraction of sp³-hybridized carbons (Fsp3) is 0.500. The Bertz CT molecular complexity index is 516. The zero-order valence-corrected chi connectivity index (χ0v) is 13.1. The molecule has 6 nitrogen and oxygen atoms in total. The molecule has 0 saturated carbocycles. The van der Waals surface area contributed by atoms with Gasteiger partial charge in [0.2, 0.25) is 0 Å². The van der Waals surface area contributed by atoms with Crippen LogP contribution in [0.5, 0.6) is 0 Å². The second kappa shape index (κ2) is 7.79. The molecule has 1 aliphatic heterocycles. The molecule has 6 heteroatoms. The minimum Gasteiger partial charge on any atom is -0.377 e. The van der Waals surface area contributed by atoms with Gasteiger partial charge in [0.05, 0.1) is 6.10 Å². The Balaban J connectivity index is 1.86. The van der Waals surface area contributed by atoms with Crippen molar-refractivity contribution in [1.82, 2.24) is 15.5 Å². The lowest BCUT2D eigenvalue weighted by atomic mass is 10.1. The summed E-state index contributed by atoms with van der Waals surface area (Å²) < 4.78 is 5.53. The largest absolute Gasteiger partial charge is 0.377 e. The van der Waals surface area contributed by atoms with Crippen molar-refractivity contribution in [2.45, 2.75) is 26.0 Å². The van der Waals surface area contributed by atoms with Crippen LogP contribution in [0.15, 0.2) is 24.3 Å². The van der Waals surface area contributed by atoms with Gasteiger partial charge in [0, 0.05) is 38.9 Å². The molecule has 0 bridgehead atoms. The molecule has 1 aromatic carbocycles. The maximum atomic E-state index is 12.2. The summed E-state index contributed by atoms with van der Waals surface area (Å²) in [6.45, 7) is 4.45. The van der Waals surface area contributed by atoms with Gasteiger partial charge in [-0.15, -0.1) is 0 Å². The summed E-state index contributed by atoms with van der Waals surface area (Å²) in [5.74, 6) is -0.117. The third-order valence-corrected chi connectivity index (χ3v) is 3.63. The van der Waals surface area contributed by atoms with Gasteiger partial charge in [0.1, 0.15) is 0 Å². The van der Waals surface area contributed by atoms with Crippen molar-refractivity contribution >= 4 is 11.9 Å². The van der Waals surface area contributed by atoms with Crippen LogP contribution in [0.3, 0.4) is 0 Å². The summed E-state index contributed by atoms with van der Waals surface area (Å²) in [4.78, 5) is 25.4. The van der Waals surface area contributed by atoms with Gasteiger partial charge in [-0.2, -0.15) is 0 Å². The Morgan fingerprint density at radius 2 is 2.05 bits per heavy atom. The maximum absolute atomic E-state index is 12.2. The molecule has 1 heterocycles. The number of ether oxygens (including phenoxy) is 1. The molecule has 1 saturated heterocycles. The van der Waals surface area contributed by atoms with Crippen molar-refractivity contribution in [3.8, 4) is 0 Å². The normalized spacial score (nSPS) is 18.5. The highest BCUT2D eigenvalue weighted by molar-refractivity contribution is 5.93. The highest BCUT2D eigenvalue weighted by atomic mass is 16.5.